The number of fused-ring (bicyclic) bond motifs is 1. The Labute approximate surface area is 111 Å². The molecule has 0 bridgehead atoms. The van der Waals surface area contributed by atoms with Crippen LogP contribution in [0.25, 0.3) is 10.9 Å². The average Bonchev–Trinajstić information content (AvgIpc) is 2.95. The fourth-order valence-corrected chi connectivity index (χ4v) is 2.90. The maximum atomic E-state index is 14.6. The summed E-state index contributed by atoms with van der Waals surface area (Å²) in [5.74, 6) is -0.620. The molecule has 2 nitrogen and oxygen atoms in total. The standard InChI is InChI=1S/C15H18F2N2/c1-9(18)7-11(15(17)5-6-15)10-8-19-13-4-2-3-12(16)14(10)13/h2-4,8-9,11,19H,5-7,18H2,1H3. The molecule has 1 aliphatic carbocycles. The second kappa shape index (κ2) is 4.30. The smallest absolute Gasteiger partial charge is 0.132 e. The molecule has 102 valence electrons. The van der Waals surface area contributed by atoms with Gasteiger partial charge in [0.15, 0.2) is 0 Å². The number of aromatic amines is 1. The van der Waals surface area contributed by atoms with E-state index in [4.69, 9.17) is 5.73 Å². The Kier molecular flexibility index (Phi) is 2.86. The van der Waals surface area contributed by atoms with E-state index in [2.05, 4.69) is 4.98 Å². The van der Waals surface area contributed by atoms with Crippen molar-refractivity contribution in [3.63, 3.8) is 0 Å². The van der Waals surface area contributed by atoms with Crippen molar-refractivity contribution in [1.29, 1.82) is 0 Å². The second-order valence-corrected chi connectivity index (χ2v) is 5.71. The third kappa shape index (κ3) is 2.14. The van der Waals surface area contributed by atoms with Crippen LogP contribution in [0.15, 0.2) is 24.4 Å². The van der Waals surface area contributed by atoms with Gasteiger partial charge in [-0.25, -0.2) is 8.78 Å². The molecule has 2 atom stereocenters. The number of nitrogens with two attached hydrogens (primary N) is 1. The Morgan fingerprint density at radius 1 is 1.42 bits per heavy atom. The molecule has 0 aliphatic heterocycles. The van der Waals surface area contributed by atoms with Crippen molar-refractivity contribution in [3.05, 3.63) is 35.8 Å². The molecule has 0 saturated heterocycles. The molecule has 1 saturated carbocycles. The first kappa shape index (κ1) is 12.6. The van der Waals surface area contributed by atoms with Gasteiger partial charge in [-0.2, -0.15) is 0 Å². The van der Waals surface area contributed by atoms with E-state index in [0.29, 0.717) is 30.2 Å². The van der Waals surface area contributed by atoms with E-state index >= 15 is 0 Å². The zero-order valence-electron chi connectivity index (χ0n) is 10.9. The molecular formula is C15H18F2N2. The van der Waals surface area contributed by atoms with Crippen LogP contribution in [0, 0.1) is 5.82 Å². The zero-order chi connectivity index (χ0) is 13.6. The first-order chi connectivity index (χ1) is 9.01. The van der Waals surface area contributed by atoms with E-state index in [1.807, 2.05) is 13.0 Å². The molecule has 1 aromatic carbocycles. The Balaban J connectivity index is 2.10. The molecule has 0 spiro atoms. The number of rotatable bonds is 4. The van der Waals surface area contributed by atoms with E-state index in [1.165, 1.54) is 6.07 Å². The van der Waals surface area contributed by atoms with Crippen molar-refractivity contribution in [2.24, 2.45) is 5.73 Å². The number of aromatic nitrogens is 1. The maximum absolute atomic E-state index is 14.6. The molecule has 1 heterocycles. The van der Waals surface area contributed by atoms with Crippen LogP contribution in [0.5, 0.6) is 0 Å². The minimum absolute atomic E-state index is 0.102. The fourth-order valence-electron chi connectivity index (χ4n) is 2.90. The van der Waals surface area contributed by atoms with Crippen LogP contribution in [-0.4, -0.2) is 16.7 Å². The largest absolute Gasteiger partial charge is 0.361 e. The van der Waals surface area contributed by atoms with Crippen molar-refractivity contribution in [1.82, 2.24) is 4.98 Å². The highest BCUT2D eigenvalue weighted by Crippen LogP contribution is 2.53. The molecule has 0 amide bonds. The van der Waals surface area contributed by atoms with Crippen LogP contribution < -0.4 is 5.73 Å². The Hall–Kier alpha value is -1.42. The van der Waals surface area contributed by atoms with Gasteiger partial charge in [0.2, 0.25) is 0 Å². The highest BCUT2D eigenvalue weighted by atomic mass is 19.1. The lowest BCUT2D eigenvalue weighted by Gasteiger charge is -2.22. The normalized spacial score (nSPS) is 20.4. The van der Waals surface area contributed by atoms with E-state index in [9.17, 15) is 8.78 Å². The summed E-state index contributed by atoms with van der Waals surface area (Å²) < 4.78 is 28.6. The molecule has 19 heavy (non-hydrogen) atoms. The van der Waals surface area contributed by atoms with Crippen molar-refractivity contribution in [2.45, 2.75) is 43.8 Å². The van der Waals surface area contributed by atoms with Gasteiger partial charge < -0.3 is 10.7 Å². The van der Waals surface area contributed by atoms with Crippen LogP contribution >= 0.6 is 0 Å². The highest BCUT2D eigenvalue weighted by molar-refractivity contribution is 5.84. The molecule has 2 unspecified atom stereocenters. The van der Waals surface area contributed by atoms with Gasteiger partial charge in [0, 0.05) is 29.1 Å². The van der Waals surface area contributed by atoms with Crippen molar-refractivity contribution in [2.75, 3.05) is 0 Å². The van der Waals surface area contributed by atoms with Gasteiger partial charge >= 0.3 is 0 Å². The number of benzene rings is 1. The Morgan fingerprint density at radius 2 is 2.16 bits per heavy atom. The molecule has 0 radical (unpaired) electrons. The summed E-state index contributed by atoms with van der Waals surface area (Å²) >= 11 is 0. The van der Waals surface area contributed by atoms with Gasteiger partial charge in [-0.15, -0.1) is 0 Å². The SMILES string of the molecule is CC(N)CC(c1c[nH]c2cccc(F)c12)C1(F)CC1. The van der Waals surface area contributed by atoms with Gasteiger partial charge in [-0.1, -0.05) is 6.07 Å². The summed E-state index contributed by atoms with van der Waals surface area (Å²) in [7, 11) is 0. The van der Waals surface area contributed by atoms with Gasteiger partial charge in [0.05, 0.1) is 0 Å². The number of alkyl halides is 1. The van der Waals surface area contributed by atoms with E-state index in [-0.39, 0.29) is 17.8 Å². The number of hydrogen-bond donors (Lipinski definition) is 2. The number of H-pyrrole nitrogens is 1. The number of hydrogen-bond acceptors (Lipinski definition) is 1. The lowest BCUT2D eigenvalue weighted by atomic mass is 9.86. The van der Waals surface area contributed by atoms with Crippen LogP contribution in [0.3, 0.4) is 0 Å². The lowest BCUT2D eigenvalue weighted by molar-refractivity contribution is 0.240. The molecule has 4 heteroatoms. The molecule has 3 rings (SSSR count). The van der Waals surface area contributed by atoms with E-state index in [1.54, 1.807) is 12.3 Å². The maximum Gasteiger partial charge on any atom is 0.132 e. The van der Waals surface area contributed by atoms with Crippen LogP contribution in [0.2, 0.25) is 0 Å². The van der Waals surface area contributed by atoms with Gasteiger partial charge in [-0.05, 0) is 43.9 Å². The minimum Gasteiger partial charge on any atom is -0.361 e. The molecular weight excluding hydrogens is 246 g/mol. The average molecular weight is 264 g/mol. The molecule has 1 aromatic heterocycles. The third-order valence-electron chi connectivity index (χ3n) is 4.02. The minimum atomic E-state index is -1.20. The second-order valence-electron chi connectivity index (χ2n) is 5.71. The highest BCUT2D eigenvalue weighted by Gasteiger charge is 2.51. The number of halogens is 2. The lowest BCUT2D eigenvalue weighted by Crippen LogP contribution is -2.25. The predicted molar refractivity (Wildman–Crippen MR) is 72.3 cm³/mol. The first-order valence-corrected chi connectivity index (χ1v) is 6.71. The van der Waals surface area contributed by atoms with Crippen LogP contribution in [0.4, 0.5) is 8.78 Å². The topological polar surface area (TPSA) is 41.8 Å². The van der Waals surface area contributed by atoms with Gasteiger partial charge in [0.1, 0.15) is 11.5 Å². The van der Waals surface area contributed by atoms with E-state index in [0.717, 1.165) is 5.56 Å². The third-order valence-corrected chi connectivity index (χ3v) is 4.02. The monoisotopic (exact) mass is 264 g/mol. The van der Waals surface area contributed by atoms with Crippen molar-refractivity contribution in [3.8, 4) is 0 Å². The van der Waals surface area contributed by atoms with Gasteiger partial charge in [0.25, 0.3) is 0 Å². The fraction of sp³-hybridized carbons (Fsp3) is 0.467. The quantitative estimate of drug-likeness (QED) is 0.870. The summed E-state index contributed by atoms with van der Waals surface area (Å²) in [4.78, 5) is 3.04. The number of nitrogens with one attached hydrogen (secondary N) is 1. The molecule has 1 fully saturated rings. The summed E-state index contributed by atoms with van der Waals surface area (Å²) in [5, 5.41) is 0.511. The van der Waals surface area contributed by atoms with Gasteiger partial charge in [-0.3, -0.25) is 0 Å². The summed E-state index contributed by atoms with van der Waals surface area (Å²) in [5.41, 5.74) is 6.08. The summed E-state index contributed by atoms with van der Waals surface area (Å²) in [6.45, 7) is 1.87. The summed E-state index contributed by atoms with van der Waals surface area (Å²) in [6.07, 6.45) is 3.37. The molecule has 3 N–H and O–H groups in total. The van der Waals surface area contributed by atoms with Crippen molar-refractivity contribution < 1.29 is 8.78 Å². The predicted octanol–water partition coefficient (Wildman–Crippen LogP) is 3.63. The van der Waals surface area contributed by atoms with Crippen LogP contribution in [0.1, 0.15) is 37.7 Å². The van der Waals surface area contributed by atoms with Crippen LogP contribution in [-0.2, 0) is 0 Å². The molecule has 1 aliphatic rings. The summed E-state index contributed by atoms with van der Waals surface area (Å²) in [6, 6.07) is 4.78. The Morgan fingerprint density at radius 3 is 2.79 bits per heavy atom. The zero-order valence-corrected chi connectivity index (χ0v) is 10.9. The van der Waals surface area contributed by atoms with E-state index < -0.39 is 5.67 Å². The molecule has 2 aromatic rings. The first-order valence-electron chi connectivity index (χ1n) is 6.71. The Bertz CT molecular complexity index is 599. The van der Waals surface area contributed by atoms with Crippen molar-refractivity contribution >= 4 is 10.9 Å².